The molecule has 1 aromatic carbocycles. The number of carboxylic acids is 1. The van der Waals surface area contributed by atoms with Gasteiger partial charge in [-0.05, 0) is 31.5 Å². The lowest BCUT2D eigenvalue weighted by molar-refractivity contribution is -0.137. The van der Waals surface area contributed by atoms with Crippen molar-refractivity contribution in [3.05, 3.63) is 51.6 Å². The van der Waals surface area contributed by atoms with Crippen LogP contribution in [0.1, 0.15) is 39.8 Å². The Bertz CT molecular complexity index is 740. The average molecular weight is 341 g/mol. The number of carbonyl (C=O) groups excluding carboxylic acids is 1. The molecule has 1 aromatic heterocycles. The summed E-state index contributed by atoms with van der Waals surface area (Å²) in [5.41, 5.74) is 0.917. The lowest BCUT2D eigenvalue weighted by Gasteiger charge is -2.17. The number of amides is 1. The van der Waals surface area contributed by atoms with Crippen LogP contribution >= 0.6 is 11.6 Å². The molecule has 8 heteroatoms. The zero-order valence-corrected chi connectivity index (χ0v) is 13.1. The number of halogens is 2. The van der Waals surface area contributed by atoms with Crippen LogP contribution in [0.15, 0.2) is 22.7 Å². The summed E-state index contributed by atoms with van der Waals surface area (Å²) in [5, 5.41) is 15.2. The van der Waals surface area contributed by atoms with Crippen molar-refractivity contribution in [3.63, 3.8) is 0 Å². The summed E-state index contributed by atoms with van der Waals surface area (Å²) in [4.78, 5) is 23.4. The number of nitrogens with zero attached hydrogens (tertiary/aromatic N) is 1. The van der Waals surface area contributed by atoms with Crippen LogP contribution in [-0.2, 0) is 4.79 Å². The van der Waals surface area contributed by atoms with Crippen molar-refractivity contribution in [2.24, 2.45) is 0 Å². The molecule has 1 heterocycles. The van der Waals surface area contributed by atoms with Crippen molar-refractivity contribution in [1.82, 2.24) is 10.5 Å². The SMILES string of the molecule is Cc1noc(C)c1C(=O)NC(CC(=O)O)c1ccc(Cl)c(F)c1. The van der Waals surface area contributed by atoms with Gasteiger partial charge in [-0.3, -0.25) is 9.59 Å². The summed E-state index contributed by atoms with van der Waals surface area (Å²) >= 11 is 5.62. The van der Waals surface area contributed by atoms with Crippen LogP contribution in [0.4, 0.5) is 4.39 Å². The zero-order valence-electron chi connectivity index (χ0n) is 12.4. The molecule has 0 aliphatic rings. The normalized spacial score (nSPS) is 12.0. The molecule has 1 unspecified atom stereocenters. The Morgan fingerprint density at radius 3 is 2.65 bits per heavy atom. The quantitative estimate of drug-likeness (QED) is 0.872. The third-order valence-corrected chi connectivity index (χ3v) is 3.60. The molecule has 0 saturated heterocycles. The fourth-order valence-corrected chi connectivity index (χ4v) is 2.31. The van der Waals surface area contributed by atoms with E-state index in [0.29, 0.717) is 17.0 Å². The molecule has 2 aromatic rings. The lowest BCUT2D eigenvalue weighted by Crippen LogP contribution is -2.31. The van der Waals surface area contributed by atoms with Crippen molar-refractivity contribution in [1.29, 1.82) is 0 Å². The maximum atomic E-state index is 13.6. The summed E-state index contributed by atoms with van der Waals surface area (Å²) < 4.78 is 18.5. The van der Waals surface area contributed by atoms with Gasteiger partial charge in [-0.15, -0.1) is 0 Å². The van der Waals surface area contributed by atoms with Gasteiger partial charge in [0.05, 0.1) is 23.2 Å². The Morgan fingerprint density at radius 1 is 1.43 bits per heavy atom. The standard InChI is InChI=1S/C15H14ClFN2O4/c1-7-14(8(2)23-19-7)15(22)18-12(6-13(20)21)9-3-4-10(16)11(17)5-9/h3-5,12H,6H2,1-2H3,(H,18,22)(H,20,21). The average Bonchev–Trinajstić information content (AvgIpc) is 2.80. The minimum absolute atomic E-state index is 0.0834. The molecule has 0 spiro atoms. The number of carbonyl (C=O) groups is 2. The fraction of sp³-hybridized carbons (Fsp3) is 0.267. The van der Waals surface area contributed by atoms with Crippen LogP contribution in [0, 0.1) is 19.7 Å². The predicted molar refractivity (Wildman–Crippen MR) is 79.8 cm³/mol. The van der Waals surface area contributed by atoms with E-state index in [1.54, 1.807) is 13.8 Å². The Balaban J connectivity index is 2.30. The second-order valence-corrected chi connectivity index (χ2v) is 5.40. The van der Waals surface area contributed by atoms with E-state index < -0.39 is 30.2 Å². The van der Waals surface area contributed by atoms with Gasteiger partial charge in [0, 0.05) is 0 Å². The van der Waals surface area contributed by atoms with Gasteiger partial charge in [0.15, 0.2) is 0 Å². The van der Waals surface area contributed by atoms with E-state index in [-0.39, 0.29) is 10.6 Å². The Labute approximate surface area is 136 Å². The number of hydrogen-bond acceptors (Lipinski definition) is 4. The topological polar surface area (TPSA) is 92.4 Å². The van der Waals surface area contributed by atoms with Crippen LogP contribution < -0.4 is 5.32 Å². The van der Waals surface area contributed by atoms with Gasteiger partial charge < -0.3 is 14.9 Å². The van der Waals surface area contributed by atoms with Crippen molar-refractivity contribution in [2.45, 2.75) is 26.3 Å². The van der Waals surface area contributed by atoms with Crippen LogP contribution in [0.25, 0.3) is 0 Å². The number of aromatic nitrogens is 1. The Hall–Kier alpha value is -2.41. The van der Waals surface area contributed by atoms with Gasteiger partial charge in [0.25, 0.3) is 5.91 Å². The van der Waals surface area contributed by atoms with Gasteiger partial charge in [-0.2, -0.15) is 0 Å². The number of rotatable bonds is 5. The predicted octanol–water partition coefficient (Wildman–Crippen LogP) is 3.03. The third kappa shape index (κ3) is 3.87. The number of nitrogens with one attached hydrogen (secondary N) is 1. The van der Waals surface area contributed by atoms with Crippen LogP contribution in [0.2, 0.25) is 5.02 Å². The molecule has 23 heavy (non-hydrogen) atoms. The summed E-state index contributed by atoms with van der Waals surface area (Å²) in [6.45, 7) is 3.17. The number of hydrogen-bond donors (Lipinski definition) is 2. The minimum atomic E-state index is -1.13. The van der Waals surface area contributed by atoms with Crippen LogP contribution in [-0.4, -0.2) is 22.1 Å². The van der Waals surface area contributed by atoms with Gasteiger partial charge in [0.1, 0.15) is 17.1 Å². The molecule has 2 N–H and O–H groups in total. The molecule has 1 amide bonds. The molecule has 122 valence electrons. The molecule has 0 saturated carbocycles. The smallest absolute Gasteiger partial charge is 0.305 e. The van der Waals surface area contributed by atoms with Gasteiger partial charge in [0.2, 0.25) is 0 Å². The van der Waals surface area contributed by atoms with Crippen molar-refractivity contribution < 1.29 is 23.6 Å². The second-order valence-electron chi connectivity index (χ2n) is 5.00. The first-order chi connectivity index (χ1) is 10.8. The van der Waals surface area contributed by atoms with E-state index in [2.05, 4.69) is 10.5 Å². The highest BCUT2D eigenvalue weighted by atomic mass is 35.5. The van der Waals surface area contributed by atoms with Crippen molar-refractivity contribution in [3.8, 4) is 0 Å². The van der Waals surface area contributed by atoms with E-state index >= 15 is 0 Å². The first kappa shape index (κ1) is 17.0. The molecular weight excluding hydrogens is 327 g/mol. The largest absolute Gasteiger partial charge is 0.481 e. The summed E-state index contributed by atoms with van der Waals surface area (Å²) in [5.74, 6) is -2.05. The molecule has 0 radical (unpaired) electrons. The highest BCUT2D eigenvalue weighted by Gasteiger charge is 2.24. The van der Waals surface area contributed by atoms with Crippen LogP contribution in [0.3, 0.4) is 0 Å². The zero-order chi connectivity index (χ0) is 17.1. The summed E-state index contributed by atoms with van der Waals surface area (Å²) in [6, 6.07) is 2.96. The second kappa shape index (κ2) is 6.78. The molecule has 0 aliphatic carbocycles. The molecule has 6 nitrogen and oxygen atoms in total. The Morgan fingerprint density at radius 2 is 2.13 bits per heavy atom. The van der Waals surface area contributed by atoms with Crippen molar-refractivity contribution in [2.75, 3.05) is 0 Å². The number of carboxylic acid groups (broad SMARTS) is 1. The lowest BCUT2D eigenvalue weighted by atomic mass is 10.0. The molecule has 0 bridgehead atoms. The van der Waals surface area contributed by atoms with Crippen LogP contribution in [0.5, 0.6) is 0 Å². The van der Waals surface area contributed by atoms with Gasteiger partial charge in [-0.1, -0.05) is 22.8 Å². The molecular formula is C15H14ClFN2O4. The minimum Gasteiger partial charge on any atom is -0.481 e. The number of benzene rings is 1. The van der Waals surface area contributed by atoms with E-state index in [1.165, 1.54) is 12.1 Å². The van der Waals surface area contributed by atoms with E-state index in [4.69, 9.17) is 21.2 Å². The molecule has 0 fully saturated rings. The summed E-state index contributed by atoms with van der Waals surface area (Å²) in [6.07, 6.45) is -0.407. The molecule has 1 atom stereocenters. The Kier molecular flexibility index (Phi) is 5.00. The fourth-order valence-electron chi connectivity index (χ4n) is 2.19. The number of aliphatic carboxylic acids is 1. The van der Waals surface area contributed by atoms with E-state index in [0.717, 1.165) is 6.07 Å². The highest BCUT2D eigenvalue weighted by Crippen LogP contribution is 2.23. The summed E-state index contributed by atoms with van der Waals surface area (Å²) in [7, 11) is 0. The molecule has 2 rings (SSSR count). The first-order valence-electron chi connectivity index (χ1n) is 6.70. The maximum Gasteiger partial charge on any atom is 0.305 e. The van der Waals surface area contributed by atoms with Gasteiger partial charge in [-0.25, -0.2) is 4.39 Å². The molecule has 0 aliphatic heterocycles. The number of aryl methyl sites for hydroxylation is 2. The van der Waals surface area contributed by atoms with E-state index in [1.807, 2.05) is 0 Å². The maximum absolute atomic E-state index is 13.6. The van der Waals surface area contributed by atoms with Crippen molar-refractivity contribution >= 4 is 23.5 Å². The first-order valence-corrected chi connectivity index (χ1v) is 7.08. The van der Waals surface area contributed by atoms with Gasteiger partial charge >= 0.3 is 5.97 Å². The third-order valence-electron chi connectivity index (χ3n) is 3.29. The monoisotopic (exact) mass is 340 g/mol. The van der Waals surface area contributed by atoms with E-state index in [9.17, 15) is 14.0 Å². The highest BCUT2D eigenvalue weighted by molar-refractivity contribution is 6.30.